The molecule has 1 unspecified atom stereocenters. The summed E-state index contributed by atoms with van der Waals surface area (Å²) < 4.78 is 23.5. The van der Waals surface area contributed by atoms with Crippen LogP contribution in [-0.2, 0) is 20.0 Å². The molecule has 1 N–H and O–H groups in total. The fourth-order valence-corrected chi connectivity index (χ4v) is 5.14. The number of nitrogens with one attached hydrogen (secondary N) is 1. The van der Waals surface area contributed by atoms with Gasteiger partial charge in [0.2, 0.25) is 5.91 Å². The van der Waals surface area contributed by atoms with E-state index in [2.05, 4.69) is 18.3 Å². The molecule has 2 aliphatic rings. The summed E-state index contributed by atoms with van der Waals surface area (Å²) in [7, 11) is -3.23. The van der Waals surface area contributed by atoms with Gasteiger partial charge < -0.3 is 5.32 Å². The lowest BCUT2D eigenvalue weighted by Crippen LogP contribution is -2.49. The van der Waals surface area contributed by atoms with Gasteiger partial charge in [0.05, 0.1) is 10.3 Å². The fraction of sp³-hybridized carbons (Fsp3) is 0.591. The summed E-state index contributed by atoms with van der Waals surface area (Å²) in [5.41, 5.74) is 1.74. The van der Waals surface area contributed by atoms with Crippen LogP contribution >= 0.6 is 0 Å². The lowest BCUT2D eigenvalue weighted by Gasteiger charge is -2.38. The van der Waals surface area contributed by atoms with Crippen molar-refractivity contribution in [3.8, 4) is 0 Å². The number of carbonyl (C=O) groups excluding carboxylic acids is 1. The second-order valence-electron chi connectivity index (χ2n) is 8.16. The number of hydrogen-bond donors (Lipinski definition) is 1. The Labute approximate surface area is 163 Å². The van der Waals surface area contributed by atoms with Crippen molar-refractivity contribution in [3.05, 3.63) is 41.5 Å². The Morgan fingerprint density at radius 3 is 2.26 bits per heavy atom. The molecule has 1 aromatic carbocycles. The van der Waals surface area contributed by atoms with E-state index in [0.717, 1.165) is 50.5 Å². The van der Waals surface area contributed by atoms with E-state index in [-0.39, 0.29) is 11.9 Å². The summed E-state index contributed by atoms with van der Waals surface area (Å²) in [4.78, 5) is 13.7. The van der Waals surface area contributed by atoms with Crippen LogP contribution in [0.4, 0.5) is 0 Å². The van der Waals surface area contributed by atoms with Crippen molar-refractivity contribution in [1.82, 2.24) is 5.32 Å². The molecule has 27 heavy (non-hydrogen) atoms. The molecular weight excluding hydrogens is 358 g/mol. The van der Waals surface area contributed by atoms with E-state index in [1.165, 1.54) is 24.7 Å². The van der Waals surface area contributed by atoms with E-state index in [0.29, 0.717) is 4.90 Å². The van der Waals surface area contributed by atoms with Crippen molar-refractivity contribution in [2.75, 3.05) is 6.26 Å². The van der Waals surface area contributed by atoms with Gasteiger partial charge in [-0.25, -0.2) is 8.42 Å². The first-order valence-corrected chi connectivity index (χ1v) is 12.0. The highest BCUT2D eigenvalue weighted by atomic mass is 32.2. The van der Waals surface area contributed by atoms with Crippen molar-refractivity contribution in [2.24, 2.45) is 0 Å². The standard InChI is InChI=1S/C22H31NO3S/c1-17(18-9-5-3-6-10-18)23-21(24)22(15-7-4-8-16-22)19-11-13-20(14-12-19)27(2,25)26/h9,11-14,17H,3-8,10,15-16H2,1-2H3,(H,23,24). The Bertz CT molecular complexity index is 802. The van der Waals surface area contributed by atoms with Gasteiger partial charge in [0.15, 0.2) is 9.84 Å². The molecule has 4 nitrogen and oxygen atoms in total. The van der Waals surface area contributed by atoms with Crippen molar-refractivity contribution in [1.29, 1.82) is 0 Å². The molecule has 0 aliphatic heterocycles. The summed E-state index contributed by atoms with van der Waals surface area (Å²) in [5, 5.41) is 3.28. The molecule has 1 atom stereocenters. The van der Waals surface area contributed by atoms with E-state index in [1.54, 1.807) is 12.1 Å². The average molecular weight is 390 g/mol. The molecule has 3 rings (SSSR count). The van der Waals surface area contributed by atoms with Crippen molar-refractivity contribution >= 4 is 15.7 Å². The Morgan fingerprint density at radius 2 is 1.70 bits per heavy atom. The minimum atomic E-state index is -3.23. The maximum atomic E-state index is 13.4. The molecule has 148 valence electrons. The highest BCUT2D eigenvalue weighted by Crippen LogP contribution is 2.40. The zero-order valence-electron chi connectivity index (χ0n) is 16.5. The van der Waals surface area contributed by atoms with Gasteiger partial charge in [0.1, 0.15) is 0 Å². The molecular formula is C22H31NO3S. The van der Waals surface area contributed by atoms with E-state index >= 15 is 0 Å². The van der Waals surface area contributed by atoms with Crippen molar-refractivity contribution < 1.29 is 13.2 Å². The minimum absolute atomic E-state index is 0.0619. The van der Waals surface area contributed by atoms with Gasteiger partial charge in [-0.15, -0.1) is 0 Å². The summed E-state index contributed by atoms with van der Waals surface area (Å²) >= 11 is 0. The fourth-order valence-electron chi connectivity index (χ4n) is 4.51. The number of carbonyl (C=O) groups is 1. The number of sulfone groups is 1. The third-order valence-electron chi connectivity index (χ3n) is 6.21. The van der Waals surface area contributed by atoms with Crippen LogP contribution in [-0.4, -0.2) is 26.6 Å². The van der Waals surface area contributed by atoms with Crippen LogP contribution in [0.2, 0.25) is 0 Å². The minimum Gasteiger partial charge on any atom is -0.349 e. The lowest BCUT2D eigenvalue weighted by molar-refractivity contribution is -0.128. The Balaban J connectivity index is 1.86. The first-order valence-electron chi connectivity index (χ1n) is 10.1. The Kier molecular flexibility index (Phi) is 6.09. The van der Waals surface area contributed by atoms with Crippen LogP contribution in [0.25, 0.3) is 0 Å². The number of allylic oxidation sites excluding steroid dienone is 1. The SMILES string of the molecule is CC(NC(=O)C1(c2ccc(S(C)(=O)=O)cc2)CCCCC1)C1=CCCCC1. The molecule has 1 aromatic rings. The second kappa shape index (κ2) is 8.17. The Hall–Kier alpha value is -1.62. The van der Waals surface area contributed by atoms with Gasteiger partial charge in [-0.2, -0.15) is 0 Å². The molecule has 0 aromatic heterocycles. The van der Waals surface area contributed by atoms with Crippen LogP contribution in [0, 0.1) is 0 Å². The van der Waals surface area contributed by atoms with Crippen LogP contribution in [0.5, 0.6) is 0 Å². The maximum absolute atomic E-state index is 13.4. The topological polar surface area (TPSA) is 63.2 Å². The molecule has 0 heterocycles. The summed E-state index contributed by atoms with van der Waals surface area (Å²) in [6.07, 6.45) is 12.9. The molecule has 0 bridgehead atoms. The van der Waals surface area contributed by atoms with Gasteiger partial charge in [-0.3, -0.25) is 4.79 Å². The quantitative estimate of drug-likeness (QED) is 0.764. The van der Waals surface area contributed by atoms with Crippen LogP contribution in [0.3, 0.4) is 0 Å². The van der Waals surface area contributed by atoms with Crippen molar-refractivity contribution in [2.45, 2.75) is 81.1 Å². The maximum Gasteiger partial charge on any atom is 0.231 e. The Morgan fingerprint density at radius 1 is 1.04 bits per heavy atom. The molecule has 1 fully saturated rings. The first kappa shape index (κ1) is 20.1. The van der Waals surface area contributed by atoms with Crippen LogP contribution in [0.1, 0.15) is 70.3 Å². The number of amides is 1. The smallest absolute Gasteiger partial charge is 0.231 e. The highest BCUT2D eigenvalue weighted by molar-refractivity contribution is 7.90. The molecule has 0 spiro atoms. The highest BCUT2D eigenvalue weighted by Gasteiger charge is 2.41. The predicted octanol–water partition coefficient (Wildman–Crippen LogP) is 4.30. The zero-order chi connectivity index (χ0) is 19.5. The van der Waals surface area contributed by atoms with Crippen molar-refractivity contribution in [3.63, 3.8) is 0 Å². The summed E-state index contributed by atoms with van der Waals surface area (Å²) in [6.45, 7) is 2.08. The number of benzene rings is 1. The summed E-state index contributed by atoms with van der Waals surface area (Å²) in [6, 6.07) is 7.02. The van der Waals surface area contributed by atoms with Gasteiger partial charge in [0.25, 0.3) is 0 Å². The van der Waals surface area contributed by atoms with Crippen LogP contribution < -0.4 is 5.32 Å². The molecule has 0 radical (unpaired) electrons. The third-order valence-corrected chi connectivity index (χ3v) is 7.34. The van der Waals surface area contributed by atoms with E-state index in [9.17, 15) is 13.2 Å². The lowest BCUT2D eigenvalue weighted by atomic mass is 9.68. The molecule has 2 aliphatic carbocycles. The van der Waals surface area contributed by atoms with E-state index in [4.69, 9.17) is 0 Å². The average Bonchev–Trinajstić information content (AvgIpc) is 2.68. The predicted molar refractivity (Wildman–Crippen MR) is 108 cm³/mol. The zero-order valence-corrected chi connectivity index (χ0v) is 17.3. The molecule has 0 saturated heterocycles. The van der Waals surface area contributed by atoms with Gasteiger partial charge in [-0.05, 0) is 63.1 Å². The normalized spacial score (nSPS) is 21.2. The van der Waals surface area contributed by atoms with E-state index in [1.807, 2.05) is 12.1 Å². The van der Waals surface area contributed by atoms with Crippen LogP contribution in [0.15, 0.2) is 40.8 Å². The monoisotopic (exact) mass is 389 g/mol. The molecule has 1 amide bonds. The van der Waals surface area contributed by atoms with E-state index < -0.39 is 15.3 Å². The number of rotatable bonds is 5. The largest absolute Gasteiger partial charge is 0.349 e. The van der Waals surface area contributed by atoms with Gasteiger partial charge in [0, 0.05) is 12.3 Å². The van der Waals surface area contributed by atoms with Gasteiger partial charge in [-0.1, -0.05) is 43.0 Å². The first-order chi connectivity index (χ1) is 12.8. The molecule has 1 saturated carbocycles. The third kappa shape index (κ3) is 4.45. The second-order valence-corrected chi connectivity index (χ2v) is 10.2. The van der Waals surface area contributed by atoms with Gasteiger partial charge >= 0.3 is 0 Å². The summed E-state index contributed by atoms with van der Waals surface area (Å²) in [5.74, 6) is 0.0910. The molecule has 5 heteroatoms. The number of hydrogen-bond acceptors (Lipinski definition) is 3.